The molecule has 176 valence electrons. The van der Waals surface area contributed by atoms with Crippen molar-refractivity contribution in [1.29, 1.82) is 0 Å². The van der Waals surface area contributed by atoms with Crippen LogP contribution in [0.25, 0.3) is 0 Å². The first-order valence-electron chi connectivity index (χ1n) is 11.5. The van der Waals surface area contributed by atoms with Gasteiger partial charge in [0.2, 0.25) is 5.95 Å². The van der Waals surface area contributed by atoms with E-state index in [2.05, 4.69) is 20.2 Å². The standard InChI is InChI=1S/C22H34N6O4/c1-29-13-14-31-15-16-32-21-20(25-22-23-7-2-8-24-22)17-28(26-21)19-5-3-18(4-6-19)27-9-11-30-12-10-27/h2,7-8,17-19H,3-6,9-16H2,1H3,(H,23,24,25). The number of nitrogens with one attached hydrogen (secondary N) is 1. The molecule has 2 aliphatic rings. The lowest BCUT2D eigenvalue weighted by molar-refractivity contribution is 0.00501. The lowest BCUT2D eigenvalue weighted by Gasteiger charge is -2.38. The fourth-order valence-electron chi connectivity index (χ4n) is 4.31. The minimum atomic E-state index is 0.361. The average molecular weight is 447 g/mol. The van der Waals surface area contributed by atoms with Crippen molar-refractivity contribution in [2.75, 3.05) is 65.2 Å². The molecule has 32 heavy (non-hydrogen) atoms. The van der Waals surface area contributed by atoms with E-state index >= 15 is 0 Å². The van der Waals surface area contributed by atoms with E-state index in [0.717, 1.165) is 44.8 Å². The van der Waals surface area contributed by atoms with E-state index in [1.807, 2.05) is 10.9 Å². The van der Waals surface area contributed by atoms with Crippen LogP contribution in [0.15, 0.2) is 24.7 Å². The van der Waals surface area contributed by atoms with Crippen molar-refractivity contribution in [2.24, 2.45) is 0 Å². The van der Waals surface area contributed by atoms with Gasteiger partial charge in [-0.3, -0.25) is 9.58 Å². The summed E-state index contributed by atoms with van der Waals surface area (Å²) in [4.78, 5) is 11.1. The molecule has 1 saturated carbocycles. The van der Waals surface area contributed by atoms with Crippen molar-refractivity contribution in [3.63, 3.8) is 0 Å². The Morgan fingerprint density at radius 3 is 2.47 bits per heavy atom. The largest absolute Gasteiger partial charge is 0.473 e. The maximum Gasteiger partial charge on any atom is 0.257 e. The Morgan fingerprint density at radius 1 is 1.00 bits per heavy atom. The van der Waals surface area contributed by atoms with Crippen LogP contribution in [0, 0.1) is 0 Å². The molecule has 2 fully saturated rings. The van der Waals surface area contributed by atoms with E-state index in [-0.39, 0.29) is 0 Å². The molecule has 3 heterocycles. The highest BCUT2D eigenvalue weighted by molar-refractivity contribution is 5.58. The fraction of sp³-hybridized carbons (Fsp3) is 0.682. The Kier molecular flexibility index (Phi) is 8.66. The van der Waals surface area contributed by atoms with Crippen LogP contribution < -0.4 is 10.1 Å². The molecule has 1 saturated heterocycles. The summed E-state index contributed by atoms with van der Waals surface area (Å²) in [6.45, 7) is 5.80. The normalized spacial score (nSPS) is 22.0. The molecular formula is C22H34N6O4. The highest BCUT2D eigenvalue weighted by Crippen LogP contribution is 2.34. The van der Waals surface area contributed by atoms with Crippen LogP contribution in [0.2, 0.25) is 0 Å². The third kappa shape index (κ3) is 6.38. The van der Waals surface area contributed by atoms with Crippen LogP contribution in [0.3, 0.4) is 0 Å². The van der Waals surface area contributed by atoms with E-state index in [0.29, 0.717) is 50.3 Å². The molecule has 0 bridgehead atoms. The highest BCUT2D eigenvalue weighted by Gasteiger charge is 2.28. The minimum absolute atomic E-state index is 0.361. The smallest absolute Gasteiger partial charge is 0.257 e. The molecule has 2 aromatic heterocycles. The first kappa shape index (κ1) is 22.9. The second kappa shape index (κ2) is 12.1. The summed E-state index contributed by atoms with van der Waals surface area (Å²) in [5, 5.41) is 8.00. The van der Waals surface area contributed by atoms with Crippen molar-refractivity contribution < 1.29 is 18.9 Å². The zero-order chi connectivity index (χ0) is 22.0. The summed E-state index contributed by atoms with van der Waals surface area (Å²) in [6, 6.07) is 2.80. The predicted molar refractivity (Wildman–Crippen MR) is 119 cm³/mol. The summed E-state index contributed by atoms with van der Waals surface area (Å²) in [6.07, 6.45) is 9.98. The first-order valence-corrected chi connectivity index (χ1v) is 11.5. The van der Waals surface area contributed by atoms with Gasteiger partial charge in [-0.05, 0) is 31.7 Å². The monoisotopic (exact) mass is 446 g/mol. The maximum absolute atomic E-state index is 5.94. The topological polar surface area (TPSA) is 95.8 Å². The highest BCUT2D eigenvalue weighted by atomic mass is 16.5. The minimum Gasteiger partial charge on any atom is -0.473 e. The lowest BCUT2D eigenvalue weighted by Crippen LogP contribution is -2.45. The zero-order valence-corrected chi connectivity index (χ0v) is 18.8. The third-order valence-electron chi connectivity index (χ3n) is 6.01. The van der Waals surface area contributed by atoms with Gasteiger partial charge in [0.05, 0.1) is 45.3 Å². The Balaban J connectivity index is 1.37. The van der Waals surface area contributed by atoms with E-state index in [1.54, 1.807) is 25.6 Å². The second-order valence-corrected chi connectivity index (χ2v) is 8.09. The van der Waals surface area contributed by atoms with E-state index < -0.39 is 0 Å². The van der Waals surface area contributed by atoms with Crippen molar-refractivity contribution in [1.82, 2.24) is 24.6 Å². The summed E-state index contributed by atoms with van der Waals surface area (Å²) in [5.74, 6) is 1.06. The van der Waals surface area contributed by atoms with Gasteiger partial charge in [-0.2, -0.15) is 0 Å². The quantitative estimate of drug-likeness (QED) is 0.522. The lowest BCUT2D eigenvalue weighted by atomic mass is 9.90. The number of anilines is 2. The number of morpholine rings is 1. The summed E-state index contributed by atoms with van der Waals surface area (Å²) >= 11 is 0. The van der Waals surface area contributed by atoms with Crippen LogP contribution in [0.5, 0.6) is 5.88 Å². The molecule has 0 spiro atoms. The number of rotatable bonds is 11. The third-order valence-corrected chi connectivity index (χ3v) is 6.01. The van der Waals surface area contributed by atoms with E-state index in [4.69, 9.17) is 24.0 Å². The number of nitrogens with zero attached hydrogens (tertiary/aromatic N) is 5. The molecule has 10 nitrogen and oxygen atoms in total. The van der Waals surface area contributed by atoms with Gasteiger partial charge in [0.1, 0.15) is 12.3 Å². The fourth-order valence-corrected chi connectivity index (χ4v) is 4.31. The summed E-state index contributed by atoms with van der Waals surface area (Å²) < 4.78 is 24.0. The predicted octanol–water partition coefficient (Wildman–Crippen LogP) is 2.27. The molecule has 2 aromatic rings. The van der Waals surface area contributed by atoms with Gasteiger partial charge in [0.25, 0.3) is 5.88 Å². The van der Waals surface area contributed by atoms with Crippen LogP contribution in [0.1, 0.15) is 31.7 Å². The van der Waals surface area contributed by atoms with Crippen LogP contribution >= 0.6 is 0 Å². The maximum atomic E-state index is 5.94. The number of methoxy groups -OCH3 is 1. The molecule has 1 N–H and O–H groups in total. The molecule has 1 aliphatic carbocycles. The van der Waals surface area contributed by atoms with Crippen LogP contribution in [0.4, 0.5) is 11.6 Å². The Hall–Kier alpha value is -2.27. The van der Waals surface area contributed by atoms with Gasteiger partial charge in [-0.1, -0.05) is 0 Å². The van der Waals surface area contributed by atoms with Gasteiger partial charge in [0, 0.05) is 38.6 Å². The van der Waals surface area contributed by atoms with Crippen molar-refractivity contribution in [3.05, 3.63) is 24.7 Å². The molecular weight excluding hydrogens is 412 g/mol. The second-order valence-electron chi connectivity index (χ2n) is 8.09. The average Bonchev–Trinajstić information content (AvgIpc) is 3.25. The SMILES string of the molecule is COCCOCCOc1nn(C2CCC(N3CCOCC3)CC2)cc1Nc1ncccn1. The zero-order valence-electron chi connectivity index (χ0n) is 18.8. The van der Waals surface area contributed by atoms with Crippen molar-refractivity contribution >= 4 is 11.6 Å². The van der Waals surface area contributed by atoms with Crippen molar-refractivity contribution in [2.45, 2.75) is 37.8 Å². The van der Waals surface area contributed by atoms with Crippen LogP contribution in [-0.4, -0.2) is 90.5 Å². The first-order chi connectivity index (χ1) is 15.8. The molecule has 1 aliphatic heterocycles. The van der Waals surface area contributed by atoms with Gasteiger partial charge in [0.15, 0.2) is 0 Å². The van der Waals surface area contributed by atoms with E-state index in [9.17, 15) is 0 Å². The Bertz CT molecular complexity index is 791. The number of hydrogen-bond acceptors (Lipinski definition) is 9. The van der Waals surface area contributed by atoms with E-state index in [1.165, 1.54) is 12.8 Å². The molecule has 0 radical (unpaired) electrons. The molecule has 0 aromatic carbocycles. The molecule has 0 unspecified atom stereocenters. The molecule has 4 rings (SSSR count). The number of ether oxygens (including phenoxy) is 4. The summed E-state index contributed by atoms with van der Waals surface area (Å²) in [7, 11) is 1.66. The van der Waals surface area contributed by atoms with Gasteiger partial charge < -0.3 is 24.3 Å². The number of hydrogen-bond donors (Lipinski definition) is 1. The van der Waals surface area contributed by atoms with Crippen molar-refractivity contribution in [3.8, 4) is 5.88 Å². The van der Waals surface area contributed by atoms with Crippen LogP contribution in [-0.2, 0) is 14.2 Å². The Morgan fingerprint density at radius 2 is 1.72 bits per heavy atom. The molecule has 0 atom stereocenters. The number of aromatic nitrogens is 4. The van der Waals surface area contributed by atoms with Gasteiger partial charge in [-0.15, -0.1) is 5.10 Å². The molecule has 0 amide bonds. The van der Waals surface area contributed by atoms with Gasteiger partial charge >= 0.3 is 0 Å². The summed E-state index contributed by atoms with van der Waals surface area (Å²) in [5.41, 5.74) is 0.767. The molecule has 10 heteroatoms. The Labute approximate surface area is 189 Å². The van der Waals surface area contributed by atoms with Gasteiger partial charge in [-0.25, -0.2) is 9.97 Å².